The van der Waals surface area contributed by atoms with Crippen molar-refractivity contribution in [2.24, 2.45) is 17.1 Å². The normalized spacial score (nSPS) is 38.0. The Hall–Kier alpha value is -0.950. The molecule has 28 heavy (non-hydrogen) atoms. The first-order chi connectivity index (χ1) is 13.1. The molecule has 0 aromatic heterocycles. The lowest BCUT2D eigenvalue weighted by atomic mass is 9.74. The van der Waals surface area contributed by atoms with Gasteiger partial charge in [-0.15, -0.1) is 0 Å². The van der Waals surface area contributed by atoms with Crippen molar-refractivity contribution in [1.82, 2.24) is 5.32 Å². The summed E-state index contributed by atoms with van der Waals surface area (Å²) in [6.45, 7) is 0. The van der Waals surface area contributed by atoms with Gasteiger partial charge >= 0.3 is 0 Å². The molecule has 0 radical (unpaired) electrons. The molecule has 3 fully saturated rings. The van der Waals surface area contributed by atoms with Crippen LogP contribution in [-0.2, 0) is 4.79 Å². The van der Waals surface area contributed by atoms with Crippen LogP contribution in [0, 0.1) is 17.2 Å². The highest BCUT2D eigenvalue weighted by Gasteiger charge is 2.59. The Morgan fingerprint density at radius 3 is 2.46 bits per heavy atom. The number of hydrogen-bond acceptors (Lipinski definition) is 3. The molecule has 4 rings (SSSR count). The highest BCUT2D eigenvalue weighted by Crippen LogP contribution is 2.64. The third-order valence-corrected chi connectivity index (χ3v) is 7.84. The molecule has 3 aliphatic rings. The van der Waals surface area contributed by atoms with E-state index in [1.807, 2.05) is 0 Å². The highest BCUT2D eigenvalue weighted by molar-refractivity contribution is 6.42. The molecule has 1 aromatic rings. The highest BCUT2D eigenvalue weighted by atomic mass is 35.5. The molecule has 3 saturated carbocycles. The molecule has 0 saturated heterocycles. The quantitative estimate of drug-likeness (QED) is 0.627. The van der Waals surface area contributed by atoms with E-state index >= 15 is 0 Å². The Morgan fingerprint density at radius 2 is 1.93 bits per heavy atom. The van der Waals surface area contributed by atoms with Crippen molar-refractivity contribution in [1.29, 1.82) is 0 Å². The second-order valence-corrected chi connectivity index (χ2v) is 9.57. The standard InChI is InChI=1S/C20H24Cl2F2N2O2/c21-11-1-2-12(23)15(16(11)22)17(19-3-5-20(24,9-19)6-4-19)26-18(28)10-7-13(25)14(27)8-10/h1-2,10,13-14,17,27H,3-9,25H2,(H,26,28)/t10-,13-,14+,17+,19?,20?/m0/s1. The fourth-order valence-corrected chi connectivity index (χ4v) is 5.86. The van der Waals surface area contributed by atoms with Crippen LogP contribution in [0.1, 0.15) is 56.6 Å². The molecular formula is C20H24Cl2F2N2O2. The maximum absolute atomic E-state index is 14.9. The maximum atomic E-state index is 14.9. The van der Waals surface area contributed by atoms with Gasteiger partial charge in [0.2, 0.25) is 5.91 Å². The SMILES string of the molecule is N[C@H]1C[C@H](C(=O)N[C@H](c2c(F)ccc(Cl)c2Cl)C23CCC(F)(CC2)C3)C[C@H]1O. The molecule has 0 aliphatic heterocycles. The topological polar surface area (TPSA) is 75.4 Å². The zero-order valence-electron chi connectivity index (χ0n) is 15.4. The Labute approximate surface area is 172 Å². The molecule has 0 spiro atoms. The number of halogens is 4. The molecule has 4 atom stereocenters. The van der Waals surface area contributed by atoms with E-state index in [1.165, 1.54) is 12.1 Å². The first kappa shape index (κ1) is 20.3. The molecule has 8 heteroatoms. The third kappa shape index (κ3) is 3.32. The Kier molecular flexibility index (Phi) is 5.14. The minimum absolute atomic E-state index is 0.0488. The van der Waals surface area contributed by atoms with Crippen LogP contribution < -0.4 is 11.1 Å². The van der Waals surface area contributed by atoms with Gasteiger partial charge < -0.3 is 16.2 Å². The number of aliphatic hydroxyl groups excluding tert-OH is 1. The summed E-state index contributed by atoms with van der Waals surface area (Å²) in [6, 6.07) is 1.35. The van der Waals surface area contributed by atoms with Gasteiger partial charge in [-0.05, 0) is 62.5 Å². The van der Waals surface area contributed by atoms with Crippen LogP contribution in [0.25, 0.3) is 0 Å². The van der Waals surface area contributed by atoms with Crippen LogP contribution in [0.3, 0.4) is 0 Å². The van der Waals surface area contributed by atoms with Crippen molar-refractivity contribution in [3.63, 3.8) is 0 Å². The lowest BCUT2D eigenvalue weighted by molar-refractivity contribution is -0.126. The van der Waals surface area contributed by atoms with Gasteiger partial charge in [-0.3, -0.25) is 4.79 Å². The minimum atomic E-state index is -1.27. The van der Waals surface area contributed by atoms with E-state index < -0.39 is 41.0 Å². The molecule has 154 valence electrons. The lowest BCUT2D eigenvalue weighted by Crippen LogP contribution is -2.42. The van der Waals surface area contributed by atoms with Crippen LogP contribution in [-0.4, -0.2) is 28.8 Å². The summed E-state index contributed by atoms with van der Waals surface area (Å²) in [4.78, 5) is 13.0. The lowest BCUT2D eigenvalue weighted by Gasteiger charge is -2.38. The third-order valence-electron chi connectivity index (χ3n) is 7.03. The molecule has 4 nitrogen and oxygen atoms in total. The fourth-order valence-electron chi connectivity index (χ4n) is 5.43. The van der Waals surface area contributed by atoms with E-state index in [2.05, 4.69) is 5.32 Å². The maximum Gasteiger partial charge on any atom is 0.223 e. The molecular weight excluding hydrogens is 409 g/mol. The van der Waals surface area contributed by atoms with Crippen molar-refractivity contribution < 1.29 is 18.7 Å². The molecule has 0 heterocycles. The van der Waals surface area contributed by atoms with Crippen molar-refractivity contribution in [3.8, 4) is 0 Å². The van der Waals surface area contributed by atoms with Crippen molar-refractivity contribution in [3.05, 3.63) is 33.6 Å². The van der Waals surface area contributed by atoms with Gasteiger partial charge in [0.1, 0.15) is 11.5 Å². The number of aliphatic hydroxyl groups is 1. The summed E-state index contributed by atoms with van der Waals surface area (Å²) in [7, 11) is 0. The van der Waals surface area contributed by atoms with E-state index in [9.17, 15) is 18.7 Å². The Bertz CT molecular complexity index is 789. The molecule has 3 aliphatic carbocycles. The first-order valence-corrected chi connectivity index (χ1v) is 10.5. The van der Waals surface area contributed by atoms with E-state index in [-0.39, 0.29) is 34.4 Å². The number of amides is 1. The van der Waals surface area contributed by atoms with Crippen LogP contribution in [0.5, 0.6) is 0 Å². The Balaban J connectivity index is 1.70. The average Bonchev–Trinajstić information content (AvgIpc) is 3.29. The van der Waals surface area contributed by atoms with Gasteiger partial charge in [-0.1, -0.05) is 23.2 Å². The summed E-state index contributed by atoms with van der Waals surface area (Å²) in [5, 5.41) is 13.1. The summed E-state index contributed by atoms with van der Waals surface area (Å²) < 4.78 is 29.8. The van der Waals surface area contributed by atoms with Crippen LogP contribution >= 0.6 is 23.2 Å². The number of hydrogen-bond donors (Lipinski definition) is 3. The zero-order chi connectivity index (χ0) is 20.3. The van der Waals surface area contributed by atoms with Crippen molar-refractivity contribution in [2.75, 3.05) is 0 Å². The predicted octanol–water partition coefficient (Wildman–Crippen LogP) is 4.06. The van der Waals surface area contributed by atoms with Crippen molar-refractivity contribution in [2.45, 2.75) is 68.8 Å². The average molecular weight is 433 g/mol. The predicted molar refractivity (Wildman–Crippen MR) is 103 cm³/mol. The summed E-state index contributed by atoms with van der Waals surface area (Å²) in [5.41, 5.74) is 4.09. The molecule has 2 bridgehead atoms. The fraction of sp³-hybridized carbons (Fsp3) is 0.650. The number of nitrogens with two attached hydrogens (primary N) is 1. The second-order valence-electron chi connectivity index (χ2n) is 8.79. The number of benzene rings is 1. The zero-order valence-corrected chi connectivity index (χ0v) is 16.9. The van der Waals surface area contributed by atoms with E-state index in [1.54, 1.807) is 0 Å². The number of carbonyl (C=O) groups is 1. The summed E-state index contributed by atoms with van der Waals surface area (Å²) in [6.07, 6.45) is 2.01. The number of carbonyl (C=O) groups excluding carboxylic acids is 1. The summed E-state index contributed by atoms with van der Waals surface area (Å²) >= 11 is 12.5. The summed E-state index contributed by atoms with van der Waals surface area (Å²) in [5.74, 6) is -1.35. The van der Waals surface area contributed by atoms with Gasteiger partial charge in [0.25, 0.3) is 0 Å². The monoisotopic (exact) mass is 432 g/mol. The van der Waals surface area contributed by atoms with E-state index in [4.69, 9.17) is 28.9 Å². The van der Waals surface area contributed by atoms with Gasteiger partial charge in [-0.25, -0.2) is 8.78 Å². The largest absolute Gasteiger partial charge is 0.391 e. The molecule has 1 aromatic carbocycles. The van der Waals surface area contributed by atoms with Gasteiger partial charge in [0, 0.05) is 17.5 Å². The number of alkyl halides is 1. The molecule has 1 amide bonds. The van der Waals surface area contributed by atoms with Crippen LogP contribution in [0.4, 0.5) is 8.78 Å². The smallest absolute Gasteiger partial charge is 0.223 e. The molecule has 4 N–H and O–H groups in total. The number of fused-ring (bicyclic) bond motifs is 2. The number of rotatable bonds is 4. The van der Waals surface area contributed by atoms with Gasteiger partial charge in [0.15, 0.2) is 0 Å². The van der Waals surface area contributed by atoms with Crippen molar-refractivity contribution >= 4 is 29.1 Å². The first-order valence-electron chi connectivity index (χ1n) is 9.70. The number of nitrogens with one attached hydrogen (secondary N) is 1. The second kappa shape index (κ2) is 7.08. The van der Waals surface area contributed by atoms with Gasteiger partial charge in [0.05, 0.1) is 22.2 Å². The van der Waals surface area contributed by atoms with Gasteiger partial charge in [-0.2, -0.15) is 0 Å². The van der Waals surface area contributed by atoms with Crippen LogP contribution in [0.15, 0.2) is 12.1 Å². The van der Waals surface area contributed by atoms with E-state index in [0.29, 0.717) is 32.1 Å². The molecule has 0 unspecified atom stereocenters. The van der Waals surface area contributed by atoms with Crippen LogP contribution in [0.2, 0.25) is 10.0 Å². The van der Waals surface area contributed by atoms with E-state index in [0.717, 1.165) is 0 Å². The Morgan fingerprint density at radius 1 is 1.25 bits per heavy atom. The minimum Gasteiger partial charge on any atom is -0.391 e.